The number of carbonyl (C=O) groups is 1. The van der Waals surface area contributed by atoms with Gasteiger partial charge >= 0.3 is 6.03 Å². The van der Waals surface area contributed by atoms with Crippen LogP contribution in [-0.2, 0) is 0 Å². The molecule has 3 aromatic rings. The van der Waals surface area contributed by atoms with E-state index < -0.39 is 23.5 Å². The maximum atomic E-state index is 14.4. The van der Waals surface area contributed by atoms with E-state index in [1.54, 1.807) is 29.0 Å². The quantitative estimate of drug-likeness (QED) is 0.546. The summed E-state index contributed by atoms with van der Waals surface area (Å²) >= 11 is 0. The zero-order valence-corrected chi connectivity index (χ0v) is 19.0. The Kier molecular flexibility index (Phi) is 5.96. The minimum absolute atomic E-state index is 0.108. The lowest BCUT2D eigenvalue weighted by Crippen LogP contribution is -2.52. The highest BCUT2D eigenvalue weighted by atomic mass is 19.1. The van der Waals surface area contributed by atoms with Gasteiger partial charge in [0.05, 0.1) is 12.2 Å². The molecule has 1 saturated heterocycles. The van der Waals surface area contributed by atoms with Crippen LogP contribution in [-0.4, -0.2) is 73.1 Å². The Morgan fingerprint density at radius 2 is 1.81 bits per heavy atom. The van der Waals surface area contributed by atoms with Crippen molar-refractivity contribution in [1.29, 1.82) is 5.26 Å². The molecule has 2 aliphatic heterocycles. The molecule has 0 bridgehead atoms. The smallest absolute Gasteiger partial charge is 0.337 e. The Morgan fingerprint density at radius 3 is 2.47 bits per heavy atom. The monoisotopic (exact) mass is 496 g/mol. The van der Waals surface area contributed by atoms with Crippen LogP contribution < -0.4 is 4.90 Å². The summed E-state index contributed by atoms with van der Waals surface area (Å²) in [6.45, 7) is 2.88. The minimum Gasteiger partial charge on any atom is -0.337 e. The third-order valence-electron chi connectivity index (χ3n) is 5.91. The number of aryl methyl sites for hydroxylation is 1. The number of nitrogens with zero attached hydrogens (tertiary/aromatic N) is 10. The van der Waals surface area contributed by atoms with Crippen molar-refractivity contribution < 1.29 is 18.0 Å². The maximum Gasteiger partial charge on any atom is 0.341 e. The number of anilines is 1. The summed E-state index contributed by atoms with van der Waals surface area (Å²) in [5.74, 6) is -1.88. The topological polar surface area (TPSA) is 119 Å². The summed E-state index contributed by atoms with van der Waals surface area (Å²) in [5.41, 5.74) is 0.326. The molecule has 4 heterocycles. The average molecular weight is 496 g/mol. The largest absolute Gasteiger partial charge is 0.341 e. The molecule has 11 nitrogen and oxygen atoms in total. The van der Waals surface area contributed by atoms with Gasteiger partial charge in [0.1, 0.15) is 23.5 Å². The van der Waals surface area contributed by atoms with Crippen LogP contribution in [0.5, 0.6) is 0 Å². The lowest BCUT2D eigenvalue weighted by Gasteiger charge is -2.37. The molecule has 0 spiro atoms. The summed E-state index contributed by atoms with van der Waals surface area (Å²) in [6.07, 6.45) is 2.90. The first-order valence-electron chi connectivity index (χ1n) is 11.0. The van der Waals surface area contributed by atoms with E-state index >= 15 is 0 Å². The lowest BCUT2D eigenvalue weighted by molar-refractivity contribution is 0.139. The fourth-order valence-corrected chi connectivity index (χ4v) is 4.17. The fraction of sp³-hybridized carbons (Fsp3) is 0.318. The molecular weight excluding hydrogens is 477 g/mol. The van der Waals surface area contributed by atoms with Crippen molar-refractivity contribution in [3.8, 4) is 11.9 Å². The van der Waals surface area contributed by atoms with E-state index in [4.69, 9.17) is 5.26 Å². The summed E-state index contributed by atoms with van der Waals surface area (Å²) in [4.78, 5) is 28.8. The number of hydrogen-bond acceptors (Lipinski definition) is 8. The molecule has 2 amide bonds. The molecule has 0 N–H and O–H groups in total. The number of urea groups is 1. The van der Waals surface area contributed by atoms with E-state index in [9.17, 15) is 18.0 Å². The van der Waals surface area contributed by atoms with Gasteiger partial charge in [0.25, 0.3) is 5.82 Å². The van der Waals surface area contributed by atoms with Crippen molar-refractivity contribution in [2.45, 2.75) is 19.4 Å². The summed E-state index contributed by atoms with van der Waals surface area (Å²) in [6, 6.07) is 3.98. The highest BCUT2D eigenvalue weighted by molar-refractivity contribution is 5.78. The fourth-order valence-electron chi connectivity index (χ4n) is 4.17. The van der Waals surface area contributed by atoms with Gasteiger partial charge in [-0.05, 0) is 24.6 Å². The second kappa shape index (κ2) is 9.25. The molecule has 184 valence electrons. The van der Waals surface area contributed by atoms with Crippen molar-refractivity contribution >= 4 is 18.2 Å². The SMILES string of the molecule is Cc1nc(C#N)nn1-c1nc(N2CCN(C(=O)N3N=CCC3c3cc(F)cc(F)c3)CC2)ncc1F. The van der Waals surface area contributed by atoms with E-state index in [2.05, 4.69) is 25.2 Å². The predicted molar refractivity (Wildman–Crippen MR) is 120 cm³/mol. The van der Waals surface area contributed by atoms with Gasteiger partial charge in [0.15, 0.2) is 11.6 Å². The number of piperazine rings is 1. The molecule has 36 heavy (non-hydrogen) atoms. The van der Waals surface area contributed by atoms with Crippen LogP contribution in [0.4, 0.5) is 23.9 Å². The number of halogens is 3. The molecule has 14 heteroatoms. The maximum absolute atomic E-state index is 14.4. The third kappa shape index (κ3) is 4.30. The van der Waals surface area contributed by atoms with Crippen molar-refractivity contribution in [2.24, 2.45) is 5.10 Å². The standard InChI is InChI=1S/C22H19F3N10O/c1-13-29-19(11-26)31-34(13)20-17(25)12-27-21(30-20)32-4-6-33(7-5-32)22(36)35-18(2-3-28-35)14-8-15(23)10-16(24)9-14/h3,8-10,12,18H,2,4-7H2,1H3. The lowest BCUT2D eigenvalue weighted by atomic mass is 10.0. The van der Waals surface area contributed by atoms with Gasteiger partial charge in [-0.2, -0.15) is 20.0 Å². The zero-order chi connectivity index (χ0) is 25.4. The Bertz CT molecular complexity index is 1370. The first-order valence-corrected chi connectivity index (χ1v) is 11.0. The van der Waals surface area contributed by atoms with Crippen LogP contribution in [0.1, 0.15) is 29.7 Å². The Labute approximate surface area is 203 Å². The number of benzene rings is 1. The Hall–Kier alpha value is -4.54. The van der Waals surface area contributed by atoms with Gasteiger partial charge < -0.3 is 9.80 Å². The number of nitriles is 1. The van der Waals surface area contributed by atoms with E-state index in [-0.39, 0.29) is 23.6 Å². The zero-order valence-electron chi connectivity index (χ0n) is 19.0. The molecule has 0 aliphatic carbocycles. The van der Waals surface area contributed by atoms with Crippen LogP contribution in [0, 0.1) is 35.7 Å². The molecule has 0 saturated carbocycles. The number of rotatable bonds is 3. The van der Waals surface area contributed by atoms with Crippen molar-refractivity contribution in [3.63, 3.8) is 0 Å². The van der Waals surface area contributed by atoms with Gasteiger partial charge in [-0.1, -0.05) is 0 Å². The first-order chi connectivity index (χ1) is 17.3. The van der Waals surface area contributed by atoms with Crippen molar-refractivity contribution in [2.75, 3.05) is 31.1 Å². The molecule has 1 unspecified atom stereocenters. The van der Waals surface area contributed by atoms with Crippen LogP contribution in [0.25, 0.3) is 5.82 Å². The number of hydrazone groups is 1. The van der Waals surface area contributed by atoms with Gasteiger partial charge in [0, 0.05) is 44.9 Å². The van der Waals surface area contributed by atoms with Gasteiger partial charge in [-0.25, -0.2) is 32.9 Å². The van der Waals surface area contributed by atoms with Crippen LogP contribution in [0.3, 0.4) is 0 Å². The molecule has 2 aliphatic rings. The number of carbonyl (C=O) groups excluding carboxylic acids is 1. The second-order valence-electron chi connectivity index (χ2n) is 8.20. The minimum atomic E-state index is -0.725. The molecule has 1 aromatic carbocycles. The van der Waals surface area contributed by atoms with E-state index in [0.717, 1.165) is 16.9 Å². The van der Waals surface area contributed by atoms with Crippen LogP contribution in [0.2, 0.25) is 0 Å². The van der Waals surface area contributed by atoms with Crippen LogP contribution in [0.15, 0.2) is 29.5 Å². The molecular formula is C22H19F3N10O. The van der Waals surface area contributed by atoms with E-state index in [0.29, 0.717) is 44.0 Å². The number of amides is 2. The molecule has 0 radical (unpaired) electrons. The second-order valence-corrected chi connectivity index (χ2v) is 8.20. The van der Waals surface area contributed by atoms with Gasteiger partial charge in [-0.15, -0.1) is 5.10 Å². The average Bonchev–Trinajstić information content (AvgIpc) is 3.50. The Morgan fingerprint density at radius 1 is 1.08 bits per heavy atom. The van der Waals surface area contributed by atoms with Gasteiger partial charge in [-0.3, -0.25) is 0 Å². The predicted octanol–water partition coefficient (Wildman–Crippen LogP) is 2.33. The van der Waals surface area contributed by atoms with E-state index in [1.165, 1.54) is 17.1 Å². The summed E-state index contributed by atoms with van der Waals surface area (Å²) in [7, 11) is 0. The molecule has 1 fully saturated rings. The molecule has 1 atom stereocenters. The van der Waals surface area contributed by atoms with Crippen molar-refractivity contribution in [1.82, 2.24) is 34.6 Å². The third-order valence-corrected chi connectivity index (χ3v) is 5.91. The summed E-state index contributed by atoms with van der Waals surface area (Å²) in [5, 5.41) is 18.3. The van der Waals surface area contributed by atoms with Crippen molar-refractivity contribution in [3.05, 3.63) is 59.1 Å². The number of hydrogen-bond donors (Lipinski definition) is 0. The Balaban J connectivity index is 1.29. The molecule has 2 aromatic heterocycles. The highest BCUT2D eigenvalue weighted by Gasteiger charge is 2.34. The van der Waals surface area contributed by atoms with Crippen LogP contribution >= 0.6 is 0 Å². The normalized spacial score (nSPS) is 17.5. The molecule has 5 rings (SSSR count). The summed E-state index contributed by atoms with van der Waals surface area (Å²) < 4.78 is 43.0. The number of aromatic nitrogens is 5. The first kappa shape index (κ1) is 23.2. The highest BCUT2D eigenvalue weighted by Crippen LogP contribution is 2.30. The van der Waals surface area contributed by atoms with Gasteiger partial charge in [0.2, 0.25) is 5.95 Å². The van der Waals surface area contributed by atoms with E-state index in [1.807, 2.05) is 0 Å².